The first-order valence-corrected chi connectivity index (χ1v) is 4.97. The largest absolute Gasteiger partial charge is 0.481 e. The van der Waals surface area contributed by atoms with Gasteiger partial charge in [-0.2, -0.15) is 0 Å². The van der Waals surface area contributed by atoms with E-state index in [1.165, 1.54) is 25.3 Å². The Morgan fingerprint density at radius 2 is 2.18 bits per heavy atom. The van der Waals surface area contributed by atoms with Crippen LogP contribution in [-0.4, -0.2) is 16.1 Å². The van der Waals surface area contributed by atoms with E-state index in [-0.39, 0.29) is 10.9 Å². The van der Waals surface area contributed by atoms with Crippen molar-refractivity contribution in [1.29, 1.82) is 0 Å². The molecule has 0 amide bonds. The van der Waals surface area contributed by atoms with Crippen LogP contribution in [0.1, 0.15) is 18.4 Å². The number of benzene rings is 1. The minimum atomic E-state index is -1.27. The summed E-state index contributed by atoms with van der Waals surface area (Å²) >= 11 is 0. The number of carboxylic acids is 1. The van der Waals surface area contributed by atoms with E-state index in [0.29, 0.717) is 0 Å². The minimum Gasteiger partial charge on any atom is -0.481 e. The van der Waals surface area contributed by atoms with Gasteiger partial charge in [-0.3, -0.25) is 9.78 Å². The maximum atomic E-state index is 14.0. The van der Waals surface area contributed by atoms with Gasteiger partial charge in [-0.15, -0.1) is 0 Å². The van der Waals surface area contributed by atoms with Crippen molar-refractivity contribution in [1.82, 2.24) is 4.98 Å². The highest BCUT2D eigenvalue weighted by atomic mass is 19.1. The number of hydrogen-bond acceptors (Lipinski definition) is 2. The molecule has 1 aromatic carbocycles. The van der Waals surface area contributed by atoms with Crippen molar-refractivity contribution < 1.29 is 18.7 Å². The van der Waals surface area contributed by atoms with Crippen molar-refractivity contribution in [2.75, 3.05) is 0 Å². The summed E-state index contributed by atoms with van der Waals surface area (Å²) in [5, 5.41) is 8.93. The molecule has 0 radical (unpaired) electrons. The minimum absolute atomic E-state index is 0.122. The highest BCUT2D eigenvalue weighted by Gasteiger charge is 2.24. The zero-order valence-corrected chi connectivity index (χ0v) is 8.95. The summed E-state index contributed by atoms with van der Waals surface area (Å²) in [5.74, 6) is -4.25. The monoisotopic (exact) mass is 237 g/mol. The van der Waals surface area contributed by atoms with Crippen molar-refractivity contribution in [2.45, 2.75) is 12.8 Å². The molecule has 0 aliphatic rings. The highest BCUT2D eigenvalue weighted by Crippen LogP contribution is 2.28. The van der Waals surface area contributed by atoms with Gasteiger partial charge in [0.05, 0.1) is 11.4 Å². The molecule has 2 aromatic rings. The van der Waals surface area contributed by atoms with Gasteiger partial charge in [0.25, 0.3) is 0 Å². The van der Waals surface area contributed by atoms with Gasteiger partial charge in [-0.05, 0) is 19.1 Å². The molecular formula is C12H9F2NO2. The summed E-state index contributed by atoms with van der Waals surface area (Å²) in [6.07, 6.45) is 1.42. The van der Waals surface area contributed by atoms with Crippen LogP contribution in [0.25, 0.3) is 10.9 Å². The molecular weight excluding hydrogens is 228 g/mol. The Hall–Kier alpha value is -2.04. The predicted molar refractivity (Wildman–Crippen MR) is 57.7 cm³/mol. The smallest absolute Gasteiger partial charge is 0.310 e. The molecule has 1 N–H and O–H groups in total. The van der Waals surface area contributed by atoms with Gasteiger partial charge in [0.2, 0.25) is 0 Å². The van der Waals surface area contributed by atoms with Crippen LogP contribution in [0, 0.1) is 11.6 Å². The summed E-state index contributed by atoms with van der Waals surface area (Å²) in [7, 11) is 0. The van der Waals surface area contributed by atoms with Gasteiger partial charge in [0.15, 0.2) is 0 Å². The number of carboxylic acid groups (broad SMARTS) is 1. The second-order valence-electron chi connectivity index (χ2n) is 3.72. The number of fused-ring (bicyclic) bond motifs is 1. The predicted octanol–water partition coefficient (Wildman–Crippen LogP) is 2.70. The maximum Gasteiger partial charge on any atom is 0.310 e. The van der Waals surface area contributed by atoms with Gasteiger partial charge in [0, 0.05) is 23.2 Å². The lowest BCUT2D eigenvalue weighted by atomic mass is 9.98. The van der Waals surface area contributed by atoms with E-state index in [0.717, 1.165) is 6.07 Å². The van der Waals surface area contributed by atoms with Crippen LogP contribution < -0.4 is 0 Å². The van der Waals surface area contributed by atoms with Gasteiger partial charge in [0.1, 0.15) is 11.6 Å². The molecule has 1 atom stereocenters. The Bertz CT molecular complexity index is 598. The topological polar surface area (TPSA) is 50.2 Å². The zero-order chi connectivity index (χ0) is 12.6. The van der Waals surface area contributed by atoms with E-state index in [2.05, 4.69) is 4.98 Å². The Kier molecular flexibility index (Phi) is 2.75. The molecule has 17 heavy (non-hydrogen) atoms. The molecule has 0 unspecified atom stereocenters. The molecule has 5 heteroatoms. The summed E-state index contributed by atoms with van der Waals surface area (Å²) in [6.45, 7) is 1.24. The van der Waals surface area contributed by atoms with Crippen molar-refractivity contribution in [3.63, 3.8) is 0 Å². The fraction of sp³-hybridized carbons (Fsp3) is 0.167. The molecule has 0 fully saturated rings. The SMILES string of the molecule is C[C@H](C(=O)O)c1c(F)cc2ncccc2c1F. The standard InChI is InChI=1S/C12H9F2NO2/c1-6(12(16)17)10-8(13)5-9-7(11(10)14)3-2-4-15-9/h2-6H,1H3,(H,16,17)/t6-/m0/s1. The van der Waals surface area contributed by atoms with Crippen molar-refractivity contribution in [2.24, 2.45) is 0 Å². The van der Waals surface area contributed by atoms with Crippen LogP contribution in [0.15, 0.2) is 24.4 Å². The average Bonchev–Trinajstić information content (AvgIpc) is 2.28. The van der Waals surface area contributed by atoms with Crippen molar-refractivity contribution >= 4 is 16.9 Å². The maximum absolute atomic E-state index is 14.0. The molecule has 1 heterocycles. The quantitative estimate of drug-likeness (QED) is 0.873. The van der Waals surface area contributed by atoms with E-state index >= 15 is 0 Å². The first kappa shape index (κ1) is 11.4. The Morgan fingerprint density at radius 1 is 1.47 bits per heavy atom. The van der Waals surface area contributed by atoms with Crippen molar-refractivity contribution in [3.05, 3.63) is 41.6 Å². The molecule has 2 rings (SSSR count). The highest BCUT2D eigenvalue weighted by molar-refractivity contribution is 5.83. The number of pyridine rings is 1. The van der Waals surface area contributed by atoms with Gasteiger partial charge in [-0.1, -0.05) is 0 Å². The van der Waals surface area contributed by atoms with Crippen LogP contribution >= 0.6 is 0 Å². The van der Waals surface area contributed by atoms with E-state index in [9.17, 15) is 13.6 Å². The molecule has 0 aliphatic carbocycles. The second kappa shape index (κ2) is 4.08. The Balaban J connectivity index is 2.76. The third kappa shape index (κ3) is 1.84. The number of rotatable bonds is 2. The lowest BCUT2D eigenvalue weighted by Gasteiger charge is -2.11. The van der Waals surface area contributed by atoms with E-state index in [1.54, 1.807) is 0 Å². The molecule has 0 saturated carbocycles. The average molecular weight is 237 g/mol. The van der Waals surface area contributed by atoms with Crippen LogP contribution in [0.2, 0.25) is 0 Å². The molecule has 0 spiro atoms. The van der Waals surface area contributed by atoms with Gasteiger partial charge >= 0.3 is 5.97 Å². The van der Waals surface area contributed by atoms with E-state index in [1.807, 2.05) is 0 Å². The number of halogens is 2. The van der Waals surface area contributed by atoms with E-state index < -0.39 is 29.1 Å². The zero-order valence-electron chi connectivity index (χ0n) is 8.95. The van der Waals surface area contributed by atoms with Crippen LogP contribution in [0.5, 0.6) is 0 Å². The third-order valence-corrected chi connectivity index (χ3v) is 2.64. The molecule has 88 valence electrons. The number of nitrogens with zero attached hydrogens (tertiary/aromatic N) is 1. The normalized spacial score (nSPS) is 12.6. The second-order valence-corrected chi connectivity index (χ2v) is 3.72. The summed E-state index contributed by atoms with van der Waals surface area (Å²) in [6, 6.07) is 4.00. The molecule has 0 bridgehead atoms. The number of aliphatic carboxylic acids is 1. The first-order valence-electron chi connectivity index (χ1n) is 4.97. The molecule has 1 aromatic heterocycles. The lowest BCUT2D eigenvalue weighted by molar-refractivity contribution is -0.138. The first-order chi connectivity index (χ1) is 8.02. The van der Waals surface area contributed by atoms with Crippen LogP contribution in [0.4, 0.5) is 8.78 Å². The number of carbonyl (C=O) groups is 1. The summed E-state index contributed by atoms with van der Waals surface area (Å²) in [5.41, 5.74) is -0.262. The summed E-state index contributed by atoms with van der Waals surface area (Å²) < 4.78 is 27.6. The van der Waals surface area contributed by atoms with Gasteiger partial charge < -0.3 is 5.11 Å². The Labute approximate surface area is 95.7 Å². The number of aromatic nitrogens is 1. The van der Waals surface area contributed by atoms with Crippen LogP contribution in [-0.2, 0) is 4.79 Å². The van der Waals surface area contributed by atoms with E-state index in [4.69, 9.17) is 5.11 Å². The number of hydrogen-bond donors (Lipinski definition) is 1. The lowest BCUT2D eigenvalue weighted by Crippen LogP contribution is -2.12. The molecule has 0 aliphatic heterocycles. The molecule has 3 nitrogen and oxygen atoms in total. The fourth-order valence-electron chi connectivity index (χ4n) is 1.69. The fourth-order valence-corrected chi connectivity index (χ4v) is 1.69. The van der Waals surface area contributed by atoms with Crippen molar-refractivity contribution in [3.8, 4) is 0 Å². The Morgan fingerprint density at radius 3 is 2.82 bits per heavy atom. The van der Waals surface area contributed by atoms with Gasteiger partial charge in [-0.25, -0.2) is 8.78 Å². The summed E-state index contributed by atoms with van der Waals surface area (Å²) in [4.78, 5) is 14.6. The molecule has 0 saturated heterocycles. The third-order valence-electron chi connectivity index (χ3n) is 2.64. The van der Waals surface area contributed by atoms with Crippen LogP contribution in [0.3, 0.4) is 0 Å².